The monoisotopic (exact) mass is 182 g/mol. The molecule has 70 valence electrons. The largest absolute Gasteiger partial charge is 0.368 e. The third kappa shape index (κ3) is 2.26. The van der Waals surface area contributed by atoms with Crippen LogP contribution in [0.25, 0.3) is 0 Å². The highest BCUT2D eigenvalue weighted by Crippen LogP contribution is 2.12. The predicted octanol–water partition coefficient (Wildman–Crippen LogP) is 0.571. The molecule has 1 aromatic rings. The predicted molar refractivity (Wildman–Crippen MR) is 47.4 cm³/mol. The molecule has 0 spiro atoms. The molecule has 1 unspecified atom stereocenters. The Hall–Kier alpha value is -1.42. The van der Waals surface area contributed by atoms with Crippen molar-refractivity contribution < 1.29 is 9.18 Å². The highest BCUT2D eigenvalue weighted by molar-refractivity contribution is 5.81. The van der Waals surface area contributed by atoms with E-state index in [1.54, 1.807) is 7.05 Å². The summed E-state index contributed by atoms with van der Waals surface area (Å²) in [6.07, 6.45) is 0. The van der Waals surface area contributed by atoms with Gasteiger partial charge in [0.1, 0.15) is 11.9 Å². The Balaban J connectivity index is 2.92. The van der Waals surface area contributed by atoms with Crippen LogP contribution < -0.4 is 11.1 Å². The average molecular weight is 182 g/mol. The number of nitrogens with one attached hydrogen (secondary N) is 1. The minimum atomic E-state index is -0.555. The first-order valence-corrected chi connectivity index (χ1v) is 3.87. The van der Waals surface area contributed by atoms with E-state index >= 15 is 0 Å². The summed E-state index contributed by atoms with van der Waals surface area (Å²) in [6, 6.07) is 5.09. The molecule has 1 aromatic carbocycles. The van der Waals surface area contributed by atoms with Crippen LogP contribution in [0.2, 0.25) is 0 Å². The first-order valence-electron chi connectivity index (χ1n) is 3.87. The van der Waals surface area contributed by atoms with Gasteiger partial charge in [-0.15, -0.1) is 0 Å². The standard InChI is InChI=1S/C9H11FN2O/c1-12-8(9(11)13)6-2-4-7(10)5-3-6/h2-5,8,12H,1H3,(H2,11,13). The smallest absolute Gasteiger partial charge is 0.239 e. The summed E-state index contributed by atoms with van der Waals surface area (Å²) in [5, 5.41) is 2.74. The lowest BCUT2D eigenvalue weighted by molar-refractivity contribution is -0.120. The van der Waals surface area contributed by atoms with Gasteiger partial charge in [-0.1, -0.05) is 12.1 Å². The molecule has 3 nitrogen and oxygen atoms in total. The second kappa shape index (κ2) is 4.00. The molecule has 1 rings (SSSR count). The quantitative estimate of drug-likeness (QED) is 0.718. The van der Waals surface area contributed by atoms with Crippen molar-refractivity contribution in [2.24, 2.45) is 5.73 Å². The summed E-state index contributed by atoms with van der Waals surface area (Å²) < 4.78 is 12.5. The van der Waals surface area contributed by atoms with Gasteiger partial charge in [0.05, 0.1) is 0 Å². The molecule has 0 aliphatic rings. The number of halogens is 1. The first-order chi connectivity index (χ1) is 6.15. The van der Waals surface area contributed by atoms with Crippen LogP contribution in [0, 0.1) is 5.82 Å². The zero-order chi connectivity index (χ0) is 9.84. The van der Waals surface area contributed by atoms with Crippen LogP contribution in [0.5, 0.6) is 0 Å². The number of hydrogen-bond donors (Lipinski definition) is 2. The molecule has 0 saturated carbocycles. The molecule has 0 saturated heterocycles. The fraction of sp³-hybridized carbons (Fsp3) is 0.222. The van der Waals surface area contributed by atoms with Crippen molar-refractivity contribution in [1.29, 1.82) is 0 Å². The lowest BCUT2D eigenvalue weighted by Crippen LogP contribution is -2.31. The van der Waals surface area contributed by atoms with Crippen LogP contribution >= 0.6 is 0 Å². The van der Waals surface area contributed by atoms with Gasteiger partial charge in [0.15, 0.2) is 0 Å². The number of rotatable bonds is 3. The van der Waals surface area contributed by atoms with Crippen LogP contribution in [-0.2, 0) is 4.79 Å². The first kappa shape index (κ1) is 9.67. The lowest BCUT2D eigenvalue weighted by atomic mass is 10.1. The van der Waals surface area contributed by atoms with Crippen molar-refractivity contribution >= 4 is 5.91 Å². The van der Waals surface area contributed by atoms with Gasteiger partial charge in [-0.25, -0.2) is 4.39 Å². The average Bonchev–Trinajstić information content (AvgIpc) is 2.09. The van der Waals surface area contributed by atoms with Crippen LogP contribution in [0.15, 0.2) is 24.3 Å². The van der Waals surface area contributed by atoms with E-state index in [1.807, 2.05) is 0 Å². The molecular formula is C9H11FN2O. The van der Waals surface area contributed by atoms with E-state index < -0.39 is 11.9 Å². The highest BCUT2D eigenvalue weighted by Gasteiger charge is 2.14. The second-order valence-corrected chi connectivity index (χ2v) is 2.68. The maximum atomic E-state index is 12.5. The molecule has 0 radical (unpaired) electrons. The number of benzene rings is 1. The number of carbonyl (C=O) groups excluding carboxylic acids is 1. The Kier molecular flexibility index (Phi) is 2.97. The van der Waals surface area contributed by atoms with Gasteiger partial charge >= 0.3 is 0 Å². The summed E-state index contributed by atoms with van der Waals surface area (Å²) in [7, 11) is 1.62. The molecule has 13 heavy (non-hydrogen) atoms. The maximum absolute atomic E-state index is 12.5. The fourth-order valence-corrected chi connectivity index (χ4v) is 1.13. The highest BCUT2D eigenvalue weighted by atomic mass is 19.1. The lowest BCUT2D eigenvalue weighted by Gasteiger charge is -2.11. The summed E-state index contributed by atoms with van der Waals surface area (Å²) in [5.74, 6) is -0.808. The minimum Gasteiger partial charge on any atom is -0.368 e. The molecule has 0 fully saturated rings. The van der Waals surface area contributed by atoms with E-state index in [9.17, 15) is 9.18 Å². The normalized spacial score (nSPS) is 12.5. The zero-order valence-corrected chi connectivity index (χ0v) is 7.25. The molecular weight excluding hydrogens is 171 g/mol. The zero-order valence-electron chi connectivity index (χ0n) is 7.25. The van der Waals surface area contributed by atoms with Crippen LogP contribution in [-0.4, -0.2) is 13.0 Å². The molecule has 1 amide bonds. The van der Waals surface area contributed by atoms with Gasteiger partial charge in [0.2, 0.25) is 5.91 Å². The number of hydrogen-bond acceptors (Lipinski definition) is 2. The number of nitrogens with two attached hydrogens (primary N) is 1. The Morgan fingerprint density at radius 1 is 1.46 bits per heavy atom. The summed E-state index contributed by atoms with van der Waals surface area (Å²) in [6.45, 7) is 0. The van der Waals surface area contributed by atoms with E-state index in [0.717, 1.165) is 0 Å². The summed E-state index contributed by atoms with van der Waals surface area (Å²) >= 11 is 0. The van der Waals surface area contributed by atoms with Crippen molar-refractivity contribution in [3.05, 3.63) is 35.6 Å². The van der Waals surface area contributed by atoms with Crippen LogP contribution in [0.3, 0.4) is 0 Å². The Labute approximate surface area is 75.7 Å². The van der Waals surface area contributed by atoms with Gasteiger partial charge in [0.25, 0.3) is 0 Å². The number of likely N-dealkylation sites (N-methyl/N-ethyl adjacent to an activating group) is 1. The van der Waals surface area contributed by atoms with E-state index in [0.29, 0.717) is 5.56 Å². The van der Waals surface area contributed by atoms with Crippen molar-refractivity contribution in [3.8, 4) is 0 Å². The van der Waals surface area contributed by atoms with E-state index in [1.165, 1.54) is 24.3 Å². The number of amides is 1. The number of carbonyl (C=O) groups is 1. The van der Waals surface area contributed by atoms with Gasteiger partial charge in [-0.3, -0.25) is 4.79 Å². The molecule has 0 aromatic heterocycles. The van der Waals surface area contributed by atoms with Gasteiger partial charge in [-0.2, -0.15) is 0 Å². The molecule has 1 atom stereocenters. The van der Waals surface area contributed by atoms with E-state index in [4.69, 9.17) is 5.73 Å². The summed E-state index contributed by atoms with van der Waals surface area (Å²) in [4.78, 5) is 10.9. The van der Waals surface area contributed by atoms with E-state index in [-0.39, 0.29) is 5.82 Å². The maximum Gasteiger partial charge on any atom is 0.239 e. The molecule has 0 heterocycles. The van der Waals surface area contributed by atoms with Crippen molar-refractivity contribution in [1.82, 2.24) is 5.32 Å². The molecule has 0 bridgehead atoms. The molecule has 3 N–H and O–H groups in total. The van der Waals surface area contributed by atoms with Crippen molar-refractivity contribution in [3.63, 3.8) is 0 Å². The van der Waals surface area contributed by atoms with Crippen molar-refractivity contribution in [2.45, 2.75) is 6.04 Å². The van der Waals surface area contributed by atoms with Crippen LogP contribution in [0.4, 0.5) is 4.39 Å². The summed E-state index contributed by atoms with van der Waals surface area (Å²) in [5.41, 5.74) is 5.79. The van der Waals surface area contributed by atoms with Crippen LogP contribution in [0.1, 0.15) is 11.6 Å². The third-order valence-corrected chi connectivity index (χ3v) is 1.78. The molecule has 0 aliphatic carbocycles. The van der Waals surface area contributed by atoms with Crippen molar-refractivity contribution in [2.75, 3.05) is 7.05 Å². The fourth-order valence-electron chi connectivity index (χ4n) is 1.13. The minimum absolute atomic E-state index is 0.330. The molecule has 0 aliphatic heterocycles. The van der Waals surface area contributed by atoms with Gasteiger partial charge in [-0.05, 0) is 24.7 Å². The Bertz CT molecular complexity index is 297. The van der Waals surface area contributed by atoms with Gasteiger partial charge in [0, 0.05) is 0 Å². The molecule has 4 heteroatoms. The number of primary amides is 1. The second-order valence-electron chi connectivity index (χ2n) is 2.68. The Morgan fingerprint density at radius 3 is 2.38 bits per heavy atom. The third-order valence-electron chi connectivity index (χ3n) is 1.78. The Morgan fingerprint density at radius 2 is 2.00 bits per heavy atom. The SMILES string of the molecule is CNC(C(N)=O)c1ccc(F)cc1. The topological polar surface area (TPSA) is 55.1 Å². The van der Waals surface area contributed by atoms with E-state index in [2.05, 4.69) is 5.32 Å². The van der Waals surface area contributed by atoms with Gasteiger partial charge < -0.3 is 11.1 Å².